The molecule has 2 aromatic rings. The van der Waals surface area contributed by atoms with Gasteiger partial charge in [0.15, 0.2) is 5.52 Å². The van der Waals surface area contributed by atoms with Gasteiger partial charge in [-0.15, -0.1) is 11.8 Å². The molecule has 0 fully saturated rings. The van der Waals surface area contributed by atoms with E-state index in [9.17, 15) is 9.18 Å². The highest BCUT2D eigenvalue weighted by Crippen LogP contribution is 2.44. The summed E-state index contributed by atoms with van der Waals surface area (Å²) in [7, 11) is 2.20. The number of allylic oxidation sites excluding steroid dienone is 3. The van der Waals surface area contributed by atoms with Gasteiger partial charge in [0.1, 0.15) is 5.82 Å². The molecule has 1 unspecified atom stereocenters. The Hall–Kier alpha value is -1.70. The molecular formula is C20H18FOPS. The molecule has 0 saturated heterocycles. The third-order valence-electron chi connectivity index (χ3n) is 4.23. The quantitative estimate of drug-likeness (QED) is 0.519. The van der Waals surface area contributed by atoms with E-state index in [0.29, 0.717) is 6.42 Å². The van der Waals surface area contributed by atoms with Crippen molar-refractivity contribution in [3.05, 3.63) is 70.5 Å². The van der Waals surface area contributed by atoms with E-state index in [0.717, 1.165) is 33.4 Å². The molecule has 0 heterocycles. The molecule has 1 aliphatic carbocycles. The zero-order valence-electron chi connectivity index (χ0n) is 13.6. The fourth-order valence-electron chi connectivity index (χ4n) is 3.02. The average Bonchev–Trinajstić information content (AvgIpc) is 2.80. The summed E-state index contributed by atoms with van der Waals surface area (Å²) in [6.45, 7) is 2.00. The van der Waals surface area contributed by atoms with Gasteiger partial charge in [-0.1, -0.05) is 27.4 Å². The first kappa shape index (κ1) is 17.1. The Labute approximate surface area is 148 Å². The SMILES string of the molecule is CSc1ccc(/C=C2/C(C)=C(CC(=O)P)c3cc(F)ccc32)cc1. The number of carbonyl (C=O) groups excluding carboxylic acids is 1. The molecule has 0 bridgehead atoms. The smallest absolute Gasteiger partial charge is 0.152 e. The van der Waals surface area contributed by atoms with E-state index in [2.05, 4.69) is 39.6 Å². The van der Waals surface area contributed by atoms with Gasteiger partial charge < -0.3 is 0 Å². The number of fused-ring (bicyclic) bond motifs is 1. The van der Waals surface area contributed by atoms with Crippen LogP contribution in [0.3, 0.4) is 0 Å². The normalized spacial score (nSPS) is 15.1. The summed E-state index contributed by atoms with van der Waals surface area (Å²) in [4.78, 5) is 12.8. The van der Waals surface area contributed by atoms with Crippen LogP contribution in [0.2, 0.25) is 0 Å². The van der Waals surface area contributed by atoms with Crippen molar-refractivity contribution in [2.24, 2.45) is 0 Å². The molecule has 0 amide bonds. The van der Waals surface area contributed by atoms with Crippen LogP contribution in [0.15, 0.2) is 52.9 Å². The second-order valence-corrected chi connectivity index (χ2v) is 7.29. The van der Waals surface area contributed by atoms with Crippen LogP contribution in [0.5, 0.6) is 0 Å². The molecule has 3 rings (SSSR count). The number of thioether (sulfide) groups is 1. The van der Waals surface area contributed by atoms with E-state index in [4.69, 9.17) is 0 Å². The molecule has 1 atom stereocenters. The van der Waals surface area contributed by atoms with E-state index in [1.165, 1.54) is 17.0 Å². The van der Waals surface area contributed by atoms with Crippen LogP contribution in [0, 0.1) is 5.82 Å². The standard InChI is InChI=1S/C20H18FOPS/c1-12-17(9-13-3-6-15(24-2)7-4-13)16-8-5-14(21)10-19(16)18(12)11-20(22)23/h3-10H,11,23H2,1-2H3/b17-9-. The molecule has 1 nitrogen and oxygen atoms in total. The number of halogens is 1. The van der Waals surface area contributed by atoms with Crippen molar-refractivity contribution >= 4 is 43.7 Å². The number of benzene rings is 2. The summed E-state index contributed by atoms with van der Waals surface area (Å²) in [5, 5.41) is 0. The third-order valence-corrected chi connectivity index (χ3v) is 5.18. The predicted octanol–water partition coefficient (Wildman–Crippen LogP) is 5.67. The molecule has 24 heavy (non-hydrogen) atoms. The lowest BCUT2D eigenvalue weighted by Gasteiger charge is -2.05. The fourth-order valence-corrected chi connectivity index (χ4v) is 3.63. The Bertz CT molecular complexity index is 866. The zero-order valence-corrected chi connectivity index (χ0v) is 15.6. The molecule has 0 radical (unpaired) electrons. The minimum absolute atomic E-state index is 0.00475. The van der Waals surface area contributed by atoms with Crippen molar-refractivity contribution in [3.8, 4) is 0 Å². The van der Waals surface area contributed by atoms with Gasteiger partial charge in [0.05, 0.1) is 0 Å². The van der Waals surface area contributed by atoms with Crippen molar-refractivity contribution < 1.29 is 9.18 Å². The van der Waals surface area contributed by atoms with Gasteiger partial charge in [0.2, 0.25) is 0 Å². The summed E-state index contributed by atoms with van der Waals surface area (Å²) >= 11 is 1.71. The molecule has 0 spiro atoms. The number of hydrogen-bond donors (Lipinski definition) is 0. The number of rotatable bonds is 4. The second kappa shape index (κ2) is 7.04. The summed E-state index contributed by atoms with van der Waals surface area (Å²) in [6.07, 6.45) is 4.46. The molecule has 2 aromatic carbocycles. The van der Waals surface area contributed by atoms with Crippen LogP contribution >= 0.6 is 21.0 Å². The molecular weight excluding hydrogens is 338 g/mol. The third kappa shape index (κ3) is 3.38. The van der Waals surface area contributed by atoms with Crippen LogP contribution in [0.4, 0.5) is 4.39 Å². The molecule has 0 saturated carbocycles. The summed E-state index contributed by atoms with van der Waals surface area (Å²) < 4.78 is 13.7. The van der Waals surface area contributed by atoms with Crippen LogP contribution in [-0.4, -0.2) is 11.8 Å². The van der Waals surface area contributed by atoms with Crippen molar-refractivity contribution in [2.75, 3.05) is 6.26 Å². The van der Waals surface area contributed by atoms with Crippen molar-refractivity contribution in [1.29, 1.82) is 0 Å². The van der Waals surface area contributed by atoms with E-state index < -0.39 is 0 Å². The van der Waals surface area contributed by atoms with Crippen molar-refractivity contribution in [1.82, 2.24) is 0 Å². The highest BCUT2D eigenvalue weighted by atomic mass is 32.2. The number of hydrogen-bond acceptors (Lipinski definition) is 2. The highest BCUT2D eigenvalue weighted by Gasteiger charge is 2.24. The van der Waals surface area contributed by atoms with Crippen LogP contribution in [0.1, 0.15) is 30.0 Å². The highest BCUT2D eigenvalue weighted by molar-refractivity contribution is 7.98. The summed E-state index contributed by atoms with van der Waals surface area (Å²) in [6, 6.07) is 13.1. The lowest BCUT2D eigenvalue weighted by Crippen LogP contribution is -1.91. The molecule has 122 valence electrons. The monoisotopic (exact) mass is 356 g/mol. The summed E-state index contributed by atoms with van der Waals surface area (Å²) in [5.41, 5.74) is 5.93. The maximum atomic E-state index is 13.7. The van der Waals surface area contributed by atoms with Gasteiger partial charge in [-0.05, 0) is 76.9 Å². The fraction of sp³-hybridized carbons (Fsp3) is 0.150. The largest absolute Gasteiger partial charge is 0.295 e. The minimum atomic E-state index is -0.277. The first-order valence-electron chi connectivity index (χ1n) is 7.64. The Morgan fingerprint density at radius 3 is 2.50 bits per heavy atom. The van der Waals surface area contributed by atoms with Crippen molar-refractivity contribution in [3.63, 3.8) is 0 Å². The Morgan fingerprint density at radius 2 is 1.88 bits per heavy atom. The van der Waals surface area contributed by atoms with Crippen LogP contribution in [-0.2, 0) is 4.79 Å². The average molecular weight is 356 g/mol. The van der Waals surface area contributed by atoms with Crippen LogP contribution in [0.25, 0.3) is 17.2 Å². The Kier molecular flexibility index (Phi) is 5.03. The van der Waals surface area contributed by atoms with Gasteiger partial charge in [-0.3, -0.25) is 4.79 Å². The van der Waals surface area contributed by atoms with E-state index in [-0.39, 0.29) is 11.3 Å². The van der Waals surface area contributed by atoms with Crippen molar-refractivity contribution in [2.45, 2.75) is 18.2 Å². The zero-order chi connectivity index (χ0) is 17.3. The Morgan fingerprint density at radius 1 is 1.17 bits per heavy atom. The first-order valence-corrected chi connectivity index (χ1v) is 9.44. The maximum absolute atomic E-state index is 13.7. The van der Waals surface area contributed by atoms with Gasteiger partial charge in [-0.2, -0.15) is 0 Å². The van der Waals surface area contributed by atoms with Gasteiger partial charge in [0.25, 0.3) is 0 Å². The van der Waals surface area contributed by atoms with E-state index in [1.807, 2.05) is 13.2 Å². The number of carbonyl (C=O) groups is 1. The Balaban J connectivity index is 2.11. The lowest BCUT2D eigenvalue weighted by molar-refractivity contribution is -0.110. The molecule has 4 heteroatoms. The minimum Gasteiger partial charge on any atom is -0.295 e. The summed E-state index contributed by atoms with van der Waals surface area (Å²) in [5.74, 6) is -0.277. The van der Waals surface area contributed by atoms with Gasteiger partial charge >= 0.3 is 0 Å². The van der Waals surface area contributed by atoms with Gasteiger partial charge in [0, 0.05) is 11.3 Å². The maximum Gasteiger partial charge on any atom is 0.152 e. The molecule has 0 N–H and O–H groups in total. The molecule has 0 aliphatic heterocycles. The van der Waals surface area contributed by atoms with E-state index in [1.54, 1.807) is 17.8 Å². The topological polar surface area (TPSA) is 17.1 Å². The first-order chi connectivity index (χ1) is 11.5. The molecule has 0 aromatic heterocycles. The van der Waals surface area contributed by atoms with Gasteiger partial charge in [-0.25, -0.2) is 4.39 Å². The van der Waals surface area contributed by atoms with Crippen LogP contribution < -0.4 is 0 Å². The lowest BCUT2D eigenvalue weighted by atomic mass is 10.0. The van der Waals surface area contributed by atoms with E-state index >= 15 is 0 Å². The predicted molar refractivity (Wildman–Crippen MR) is 104 cm³/mol. The molecule has 1 aliphatic rings. The second-order valence-electron chi connectivity index (χ2n) is 5.77.